The highest BCUT2D eigenvalue weighted by Gasteiger charge is 2.15. The smallest absolute Gasteiger partial charge is 0.224 e. The third kappa shape index (κ3) is 4.67. The number of carbonyl (C=O) groups is 1. The fourth-order valence-corrected chi connectivity index (χ4v) is 2.35. The lowest BCUT2D eigenvalue weighted by atomic mass is 10.0. The van der Waals surface area contributed by atoms with E-state index in [0.717, 1.165) is 37.1 Å². The Bertz CT molecular complexity index is 470. The quantitative estimate of drug-likeness (QED) is 0.896. The summed E-state index contributed by atoms with van der Waals surface area (Å²) in [6.45, 7) is 0.826. The highest BCUT2D eigenvalue weighted by Crippen LogP contribution is 2.17. The molecule has 0 aromatic heterocycles. The molecular weight excluding hydrogens is 252 g/mol. The molecule has 1 aromatic rings. The van der Waals surface area contributed by atoms with Gasteiger partial charge in [0.15, 0.2) is 0 Å². The van der Waals surface area contributed by atoms with Crippen LogP contribution < -0.4 is 5.32 Å². The molecule has 1 saturated heterocycles. The molecule has 1 amide bonds. The van der Waals surface area contributed by atoms with Crippen LogP contribution >= 0.6 is 0 Å². The van der Waals surface area contributed by atoms with Crippen molar-refractivity contribution < 1.29 is 9.53 Å². The van der Waals surface area contributed by atoms with E-state index >= 15 is 0 Å². The molecule has 0 saturated carbocycles. The zero-order chi connectivity index (χ0) is 14.2. The summed E-state index contributed by atoms with van der Waals surface area (Å²) in [6, 6.07) is 9.50. The Balaban J connectivity index is 1.74. The monoisotopic (exact) mass is 272 g/mol. The van der Waals surface area contributed by atoms with Gasteiger partial charge < -0.3 is 10.1 Å². The fraction of sp³-hybridized carbons (Fsp3) is 0.500. The molecule has 0 bridgehead atoms. The minimum absolute atomic E-state index is 0.0206. The molecule has 1 heterocycles. The number of carbonyl (C=O) groups excluding carboxylic acids is 1. The largest absolute Gasteiger partial charge is 0.378 e. The van der Waals surface area contributed by atoms with Crippen molar-refractivity contribution >= 4 is 11.6 Å². The van der Waals surface area contributed by atoms with Crippen molar-refractivity contribution in [2.75, 3.05) is 11.9 Å². The van der Waals surface area contributed by atoms with E-state index in [1.54, 1.807) is 0 Å². The molecule has 1 unspecified atom stereocenters. The third-order valence-corrected chi connectivity index (χ3v) is 3.49. The minimum Gasteiger partial charge on any atom is -0.378 e. The van der Waals surface area contributed by atoms with Gasteiger partial charge in [-0.1, -0.05) is 12.1 Å². The average molecular weight is 272 g/mol. The van der Waals surface area contributed by atoms with Gasteiger partial charge >= 0.3 is 0 Å². The van der Waals surface area contributed by atoms with Crippen LogP contribution in [0.1, 0.15) is 37.7 Å². The van der Waals surface area contributed by atoms with Gasteiger partial charge in [-0.05, 0) is 43.4 Å². The Labute approximate surface area is 119 Å². The normalized spacial score (nSPS) is 18.2. The Morgan fingerprint density at radius 2 is 2.15 bits per heavy atom. The summed E-state index contributed by atoms with van der Waals surface area (Å²) in [5.41, 5.74) is 1.74. The van der Waals surface area contributed by atoms with E-state index in [1.165, 1.54) is 6.42 Å². The van der Waals surface area contributed by atoms with Crippen LogP contribution in [0.25, 0.3) is 0 Å². The van der Waals surface area contributed by atoms with Crippen LogP contribution in [-0.2, 0) is 16.0 Å². The minimum atomic E-state index is 0.0206. The van der Waals surface area contributed by atoms with E-state index < -0.39 is 0 Å². The lowest BCUT2D eigenvalue weighted by molar-refractivity contribution is -0.117. The van der Waals surface area contributed by atoms with Crippen LogP contribution in [0.3, 0.4) is 0 Å². The maximum atomic E-state index is 11.8. The highest BCUT2D eigenvalue weighted by molar-refractivity contribution is 5.90. The maximum Gasteiger partial charge on any atom is 0.224 e. The predicted molar refractivity (Wildman–Crippen MR) is 77.2 cm³/mol. The highest BCUT2D eigenvalue weighted by atomic mass is 16.5. The number of ether oxygens (including phenoxy) is 1. The SMILES string of the molecule is N#CCc1ccc(NC(=O)CCC2CCCCO2)cc1. The number of nitrogens with zero attached hydrogens (tertiary/aromatic N) is 1. The van der Waals surface area contributed by atoms with E-state index in [-0.39, 0.29) is 12.0 Å². The van der Waals surface area contributed by atoms with Gasteiger partial charge in [0.1, 0.15) is 0 Å². The summed E-state index contributed by atoms with van der Waals surface area (Å²) >= 11 is 0. The first-order chi connectivity index (χ1) is 9.78. The van der Waals surface area contributed by atoms with Crippen molar-refractivity contribution in [1.29, 1.82) is 5.26 Å². The molecule has 1 aliphatic heterocycles. The standard InChI is InChI=1S/C16H20N2O2/c17-11-10-13-4-6-14(7-5-13)18-16(19)9-8-15-3-1-2-12-20-15/h4-7,15H,1-3,8-10,12H2,(H,18,19). The van der Waals surface area contributed by atoms with E-state index in [1.807, 2.05) is 24.3 Å². The molecule has 0 radical (unpaired) electrons. The molecule has 0 aliphatic carbocycles. The molecule has 1 aromatic carbocycles. The van der Waals surface area contributed by atoms with Crippen LogP contribution in [0, 0.1) is 11.3 Å². The zero-order valence-corrected chi connectivity index (χ0v) is 11.6. The van der Waals surface area contributed by atoms with Gasteiger partial charge in [0.25, 0.3) is 0 Å². The summed E-state index contributed by atoms with van der Waals surface area (Å²) in [7, 11) is 0. The van der Waals surface area contributed by atoms with Crippen LogP contribution in [-0.4, -0.2) is 18.6 Å². The Kier molecular flexibility index (Phi) is 5.57. The van der Waals surface area contributed by atoms with Crippen molar-refractivity contribution in [1.82, 2.24) is 0 Å². The first-order valence-electron chi connectivity index (χ1n) is 7.15. The first kappa shape index (κ1) is 14.5. The van der Waals surface area contributed by atoms with Crippen molar-refractivity contribution in [2.24, 2.45) is 0 Å². The van der Waals surface area contributed by atoms with Gasteiger partial charge in [-0.3, -0.25) is 4.79 Å². The number of nitrogens with one attached hydrogen (secondary N) is 1. The Hall–Kier alpha value is -1.86. The summed E-state index contributed by atoms with van der Waals surface area (Å²) < 4.78 is 5.61. The summed E-state index contributed by atoms with van der Waals surface area (Å²) in [4.78, 5) is 11.8. The number of rotatable bonds is 5. The zero-order valence-electron chi connectivity index (χ0n) is 11.6. The number of benzene rings is 1. The molecule has 20 heavy (non-hydrogen) atoms. The summed E-state index contributed by atoms with van der Waals surface area (Å²) in [6.07, 6.45) is 5.32. The number of anilines is 1. The van der Waals surface area contributed by atoms with Crippen LogP contribution in [0.5, 0.6) is 0 Å². The second kappa shape index (κ2) is 7.66. The summed E-state index contributed by atoms with van der Waals surface area (Å²) in [5.74, 6) is 0.0206. The third-order valence-electron chi connectivity index (χ3n) is 3.49. The van der Waals surface area contributed by atoms with E-state index in [4.69, 9.17) is 10.00 Å². The lowest BCUT2D eigenvalue weighted by Crippen LogP contribution is -2.21. The number of amides is 1. The van der Waals surface area contributed by atoms with Gasteiger partial charge in [-0.25, -0.2) is 0 Å². The molecule has 1 fully saturated rings. The average Bonchev–Trinajstić information content (AvgIpc) is 2.49. The van der Waals surface area contributed by atoms with Gasteiger partial charge in [0, 0.05) is 18.7 Å². The predicted octanol–water partition coefficient (Wildman–Crippen LogP) is 3.04. The molecule has 1 N–H and O–H groups in total. The molecule has 4 heteroatoms. The van der Waals surface area contributed by atoms with Crippen molar-refractivity contribution in [2.45, 2.75) is 44.6 Å². The van der Waals surface area contributed by atoms with E-state index in [9.17, 15) is 4.79 Å². The topological polar surface area (TPSA) is 62.1 Å². The van der Waals surface area contributed by atoms with Crippen LogP contribution in [0.2, 0.25) is 0 Å². The molecule has 2 rings (SSSR count). The van der Waals surface area contributed by atoms with Crippen molar-refractivity contribution in [3.8, 4) is 6.07 Å². The summed E-state index contributed by atoms with van der Waals surface area (Å²) in [5, 5.41) is 11.5. The molecule has 106 valence electrons. The lowest BCUT2D eigenvalue weighted by Gasteiger charge is -2.22. The van der Waals surface area contributed by atoms with Crippen LogP contribution in [0.4, 0.5) is 5.69 Å². The second-order valence-corrected chi connectivity index (χ2v) is 5.11. The number of nitriles is 1. The van der Waals surface area contributed by atoms with Gasteiger partial charge in [0.05, 0.1) is 18.6 Å². The first-order valence-corrected chi connectivity index (χ1v) is 7.15. The molecule has 0 spiro atoms. The van der Waals surface area contributed by atoms with Crippen LogP contribution in [0.15, 0.2) is 24.3 Å². The van der Waals surface area contributed by atoms with E-state index in [2.05, 4.69) is 11.4 Å². The molecule has 1 atom stereocenters. The molecule has 1 aliphatic rings. The fourth-order valence-electron chi connectivity index (χ4n) is 2.35. The molecule has 4 nitrogen and oxygen atoms in total. The molecular formula is C16H20N2O2. The Morgan fingerprint density at radius 3 is 2.80 bits per heavy atom. The van der Waals surface area contributed by atoms with Gasteiger partial charge in [-0.2, -0.15) is 5.26 Å². The Morgan fingerprint density at radius 1 is 1.35 bits per heavy atom. The van der Waals surface area contributed by atoms with E-state index in [0.29, 0.717) is 12.8 Å². The van der Waals surface area contributed by atoms with Crippen molar-refractivity contribution in [3.05, 3.63) is 29.8 Å². The second-order valence-electron chi connectivity index (χ2n) is 5.11. The van der Waals surface area contributed by atoms with Crippen molar-refractivity contribution in [3.63, 3.8) is 0 Å². The van der Waals surface area contributed by atoms with Gasteiger partial charge in [0.2, 0.25) is 5.91 Å². The number of hydrogen-bond acceptors (Lipinski definition) is 3. The maximum absolute atomic E-state index is 11.8. The number of hydrogen-bond donors (Lipinski definition) is 1. The van der Waals surface area contributed by atoms with Gasteiger partial charge in [-0.15, -0.1) is 0 Å².